The molecule has 0 bridgehead atoms. The first-order valence-electron chi connectivity index (χ1n) is 6.14. The summed E-state index contributed by atoms with van der Waals surface area (Å²) in [6.45, 7) is 2.99. The molecule has 100 valence electrons. The SMILES string of the molecule is COc1ncccc1CNCc1ccc(C)c(F)c1. The van der Waals surface area contributed by atoms with E-state index in [0.29, 0.717) is 24.5 Å². The van der Waals surface area contributed by atoms with E-state index in [9.17, 15) is 4.39 Å². The maximum Gasteiger partial charge on any atom is 0.217 e. The van der Waals surface area contributed by atoms with Crippen molar-refractivity contribution in [2.24, 2.45) is 0 Å². The fraction of sp³-hybridized carbons (Fsp3) is 0.267. The van der Waals surface area contributed by atoms with E-state index in [1.54, 1.807) is 32.4 Å². The van der Waals surface area contributed by atoms with E-state index in [2.05, 4.69) is 10.3 Å². The van der Waals surface area contributed by atoms with E-state index in [0.717, 1.165) is 11.1 Å². The second-order valence-electron chi connectivity index (χ2n) is 4.36. The number of benzene rings is 1. The molecule has 2 rings (SSSR count). The molecule has 2 aromatic rings. The highest BCUT2D eigenvalue weighted by molar-refractivity contribution is 5.26. The molecule has 0 spiro atoms. The highest BCUT2D eigenvalue weighted by Gasteiger charge is 2.03. The standard InChI is InChI=1S/C15H17FN2O/c1-11-5-6-12(8-14(11)16)9-17-10-13-4-3-7-18-15(13)19-2/h3-8,17H,9-10H2,1-2H3. The lowest BCUT2D eigenvalue weighted by Crippen LogP contribution is -2.14. The van der Waals surface area contributed by atoms with Crippen LogP contribution in [0.1, 0.15) is 16.7 Å². The van der Waals surface area contributed by atoms with Crippen molar-refractivity contribution in [3.8, 4) is 5.88 Å². The van der Waals surface area contributed by atoms with Crippen LogP contribution in [-0.2, 0) is 13.1 Å². The van der Waals surface area contributed by atoms with Crippen molar-refractivity contribution in [2.45, 2.75) is 20.0 Å². The van der Waals surface area contributed by atoms with Gasteiger partial charge in [0.25, 0.3) is 0 Å². The zero-order valence-electron chi connectivity index (χ0n) is 11.1. The third-order valence-corrected chi connectivity index (χ3v) is 2.92. The summed E-state index contributed by atoms with van der Waals surface area (Å²) < 4.78 is 18.6. The number of methoxy groups -OCH3 is 1. The maximum absolute atomic E-state index is 13.4. The second kappa shape index (κ2) is 6.29. The van der Waals surface area contributed by atoms with Crippen molar-refractivity contribution in [3.05, 3.63) is 59.0 Å². The predicted octanol–water partition coefficient (Wildman–Crippen LogP) is 2.83. The molecule has 0 unspecified atom stereocenters. The molecular weight excluding hydrogens is 243 g/mol. The molecule has 3 nitrogen and oxygen atoms in total. The molecule has 1 heterocycles. The molecule has 1 aromatic heterocycles. The Hall–Kier alpha value is -1.94. The number of rotatable bonds is 5. The smallest absolute Gasteiger partial charge is 0.217 e. The van der Waals surface area contributed by atoms with Crippen molar-refractivity contribution in [2.75, 3.05) is 7.11 Å². The van der Waals surface area contributed by atoms with Gasteiger partial charge in [-0.1, -0.05) is 18.2 Å². The minimum Gasteiger partial charge on any atom is -0.481 e. The van der Waals surface area contributed by atoms with Crippen LogP contribution in [0.5, 0.6) is 5.88 Å². The maximum atomic E-state index is 13.4. The lowest BCUT2D eigenvalue weighted by Gasteiger charge is -2.09. The molecule has 0 saturated heterocycles. The van der Waals surface area contributed by atoms with Crippen LogP contribution in [-0.4, -0.2) is 12.1 Å². The van der Waals surface area contributed by atoms with Gasteiger partial charge in [0.15, 0.2) is 0 Å². The molecule has 1 N–H and O–H groups in total. The van der Waals surface area contributed by atoms with Crippen LogP contribution in [0.2, 0.25) is 0 Å². The Morgan fingerprint density at radius 2 is 2.11 bits per heavy atom. The molecule has 0 aliphatic rings. The minimum absolute atomic E-state index is 0.168. The number of aryl methyl sites for hydroxylation is 1. The number of hydrogen-bond donors (Lipinski definition) is 1. The molecule has 0 amide bonds. The Labute approximate surface area is 112 Å². The van der Waals surface area contributed by atoms with Gasteiger partial charge < -0.3 is 10.1 Å². The van der Waals surface area contributed by atoms with Crippen LogP contribution in [0.4, 0.5) is 4.39 Å². The van der Waals surface area contributed by atoms with Crippen molar-refractivity contribution in [1.29, 1.82) is 0 Å². The largest absolute Gasteiger partial charge is 0.481 e. The van der Waals surface area contributed by atoms with Crippen LogP contribution in [0.15, 0.2) is 36.5 Å². The highest BCUT2D eigenvalue weighted by Crippen LogP contribution is 2.13. The summed E-state index contributed by atoms with van der Waals surface area (Å²) in [5.41, 5.74) is 2.57. The molecule has 19 heavy (non-hydrogen) atoms. The van der Waals surface area contributed by atoms with Gasteiger partial charge in [-0.25, -0.2) is 9.37 Å². The molecule has 4 heteroatoms. The Kier molecular flexibility index (Phi) is 4.47. The van der Waals surface area contributed by atoms with Crippen molar-refractivity contribution >= 4 is 0 Å². The normalized spacial score (nSPS) is 10.5. The van der Waals surface area contributed by atoms with Crippen LogP contribution < -0.4 is 10.1 Å². The monoisotopic (exact) mass is 260 g/mol. The first kappa shape index (κ1) is 13.5. The van der Waals surface area contributed by atoms with Gasteiger partial charge in [0, 0.05) is 24.8 Å². The van der Waals surface area contributed by atoms with Crippen LogP contribution >= 0.6 is 0 Å². The van der Waals surface area contributed by atoms with Gasteiger partial charge in [0.05, 0.1) is 7.11 Å². The van der Waals surface area contributed by atoms with E-state index in [-0.39, 0.29) is 5.82 Å². The summed E-state index contributed by atoms with van der Waals surface area (Å²) in [5.74, 6) is 0.448. The average Bonchev–Trinajstić information content (AvgIpc) is 2.43. The van der Waals surface area contributed by atoms with Crippen LogP contribution in [0.25, 0.3) is 0 Å². The zero-order valence-corrected chi connectivity index (χ0v) is 11.1. The van der Waals surface area contributed by atoms with Crippen molar-refractivity contribution < 1.29 is 9.13 Å². The summed E-state index contributed by atoms with van der Waals surface area (Å²) >= 11 is 0. The number of nitrogens with one attached hydrogen (secondary N) is 1. The Bertz CT molecular complexity index is 558. The van der Waals surface area contributed by atoms with Gasteiger partial charge in [0.2, 0.25) is 5.88 Å². The molecule has 0 radical (unpaired) electrons. The Morgan fingerprint density at radius 3 is 2.84 bits per heavy atom. The van der Waals surface area contributed by atoms with E-state index in [4.69, 9.17) is 4.74 Å². The zero-order chi connectivity index (χ0) is 13.7. The number of nitrogens with zero attached hydrogens (tertiary/aromatic N) is 1. The third-order valence-electron chi connectivity index (χ3n) is 2.92. The molecule has 0 saturated carbocycles. The third kappa shape index (κ3) is 3.51. The number of ether oxygens (including phenoxy) is 1. The Balaban J connectivity index is 1.94. The summed E-state index contributed by atoms with van der Waals surface area (Å²) in [6.07, 6.45) is 1.69. The molecule has 0 aliphatic carbocycles. The van der Waals surface area contributed by atoms with Gasteiger partial charge in [0.1, 0.15) is 5.82 Å². The van der Waals surface area contributed by atoms with Gasteiger partial charge in [-0.2, -0.15) is 0 Å². The predicted molar refractivity (Wildman–Crippen MR) is 72.5 cm³/mol. The lowest BCUT2D eigenvalue weighted by molar-refractivity contribution is 0.390. The first-order valence-corrected chi connectivity index (χ1v) is 6.14. The van der Waals surface area contributed by atoms with Crippen LogP contribution in [0, 0.1) is 12.7 Å². The molecular formula is C15H17FN2O. The van der Waals surface area contributed by atoms with E-state index in [1.165, 1.54) is 0 Å². The fourth-order valence-corrected chi connectivity index (χ4v) is 1.83. The van der Waals surface area contributed by atoms with Crippen molar-refractivity contribution in [3.63, 3.8) is 0 Å². The molecule has 0 aliphatic heterocycles. The second-order valence-corrected chi connectivity index (χ2v) is 4.36. The number of aromatic nitrogens is 1. The van der Waals surface area contributed by atoms with Crippen molar-refractivity contribution in [1.82, 2.24) is 10.3 Å². The fourth-order valence-electron chi connectivity index (χ4n) is 1.83. The Morgan fingerprint density at radius 1 is 1.26 bits per heavy atom. The van der Waals surface area contributed by atoms with Gasteiger partial charge >= 0.3 is 0 Å². The summed E-state index contributed by atoms with van der Waals surface area (Å²) in [4.78, 5) is 4.13. The molecule has 0 atom stereocenters. The van der Waals surface area contributed by atoms with Crippen LogP contribution in [0.3, 0.4) is 0 Å². The van der Waals surface area contributed by atoms with E-state index >= 15 is 0 Å². The average molecular weight is 260 g/mol. The first-order chi connectivity index (χ1) is 9.20. The quantitative estimate of drug-likeness (QED) is 0.897. The summed E-state index contributed by atoms with van der Waals surface area (Å²) in [6, 6.07) is 9.09. The number of pyridine rings is 1. The summed E-state index contributed by atoms with van der Waals surface area (Å²) in [7, 11) is 1.60. The van der Waals surface area contributed by atoms with Gasteiger partial charge in [-0.3, -0.25) is 0 Å². The topological polar surface area (TPSA) is 34.1 Å². The van der Waals surface area contributed by atoms with Gasteiger partial charge in [-0.15, -0.1) is 0 Å². The van der Waals surface area contributed by atoms with E-state index in [1.807, 2.05) is 18.2 Å². The highest BCUT2D eigenvalue weighted by atomic mass is 19.1. The summed E-state index contributed by atoms with van der Waals surface area (Å²) in [5, 5.41) is 3.25. The molecule has 1 aromatic carbocycles. The molecule has 0 fully saturated rings. The number of halogens is 1. The minimum atomic E-state index is -0.168. The van der Waals surface area contributed by atoms with E-state index < -0.39 is 0 Å². The van der Waals surface area contributed by atoms with Gasteiger partial charge in [-0.05, 0) is 30.2 Å². The number of hydrogen-bond acceptors (Lipinski definition) is 3. The lowest BCUT2D eigenvalue weighted by atomic mass is 10.1.